The van der Waals surface area contributed by atoms with Crippen LogP contribution in [0.3, 0.4) is 0 Å². The molecule has 0 radical (unpaired) electrons. The number of anilines is 4. The van der Waals surface area contributed by atoms with E-state index in [1.807, 2.05) is 6.92 Å². The molecule has 2 aromatic carbocycles. The van der Waals surface area contributed by atoms with Crippen molar-refractivity contribution >= 4 is 23.1 Å². The Kier molecular flexibility index (Phi) is 8.34. The van der Waals surface area contributed by atoms with E-state index in [1.165, 1.54) is 0 Å². The van der Waals surface area contributed by atoms with Gasteiger partial charge in [0.25, 0.3) is 0 Å². The van der Waals surface area contributed by atoms with Gasteiger partial charge in [-0.25, -0.2) is 4.98 Å². The molecule has 3 aromatic rings. The number of ether oxygens (including phenoxy) is 2. The molecule has 0 bridgehead atoms. The van der Waals surface area contributed by atoms with Gasteiger partial charge in [-0.3, -0.25) is 0 Å². The first-order chi connectivity index (χ1) is 15.9. The summed E-state index contributed by atoms with van der Waals surface area (Å²) in [6.45, 7) is 5.07. The summed E-state index contributed by atoms with van der Waals surface area (Å²) in [5, 5.41) is 5.68. The van der Waals surface area contributed by atoms with Crippen molar-refractivity contribution in [1.82, 2.24) is 9.97 Å². The van der Waals surface area contributed by atoms with Crippen molar-refractivity contribution < 1.29 is 22.6 Å². The van der Waals surface area contributed by atoms with Gasteiger partial charge in [0.15, 0.2) is 0 Å². The maximum Gasteiger partial charge on any atom is 0.421 e. The second kappa shape index (κ2) is 11.4. The molecule has 1 heterocycles. The smallest absolute Gasteiger partial charge is 0.421 e. The monoisotopic (exact) mass is 460 g/mol. The van der Waals surface area contributed by atoms with Crippen molar-refractivity contribution in [2.24, 2.45) is 0 Å². The van der Waals surface area contributed by atoms with Crippen molar-refractivity contribution in [1.29, 1.82) is 0 Å². The zero-order chi connectivity index (χ0) is 23.7. The lowest BCUT2D eigenvalue weighted by molar-refractivity contribution is -0.137. The van der Waals surface area contributed by atoms with Crippen LogP contribution in [0.1, 0.15) is 38.7 Å². The molecule has 9 heteroatoms. The Morgan fingerprint density at radius 3 is 2.36 bits per heavy atom. The van der Waals surface area contributed by atoms with E-state index in [2.05, 4.69) is 27.5 Å². The zero-order valence-corrected chi connectivity index (χ0v) is 18.6. The summed E-state index contributed by atoms with van der Waals surface area (Å²) in [7, 11) is 0. The van der Waals surface area contributed by atoms with Crippen LogP contribution in [-0.2, 0) is 6.18 Å². The van der Waals surface area contributed by atoms with Gasteiger partial charge < -0.3 is 20.1 Å². The van der Waals surface area contributed by atoms with Gasteiger partial charge in [-0.2, -0.15) is 18.2 Å². The number of alkyl halides is 3. The maximum absolute atomic E-state index is 13.6. The molecule has 1 aromatic heterocycles. The molecular formula is C24H27F3N4O2. The molecule has 33 heavy (non-hydrogen) atoms. The number of hydrogen-bond acceptors (Lipinski definition) is 6. The van der Waals surface area contributed by atoms with Gasteiger partial charge >= 0.3 is 6.18 Å². The van der Waals surface area contributed by atoms with Crippen LogP contribution in [0.4, 0.5) is 36.3 Å². The first-order valence-corrected chi connectivity index (χ1v) is 10.8. The third-order valence-corrected chi connectivity index (χ3v) is 4.63. The summed E-state index contributed by atoms with van der Waals surface area (Å²) in [6.07, 6.45) is -0.811. The predicted octanol–water partition coefficient (Wildman–Crippen LogP) is 6.95. The first-order valence-electron chi connectivity index (χ1n) is 10.8. The number of benzene rings is 2. The summed E-state index contributed by atoms with van der Waals surface area (Å²) in [5.41, 5.74) is 0.0832. The normalized spacial score (nSPS) is 11.2. The molecule has 0 saturated carbocycles. The molecule has 0 unspecified atom stereocenters. The molecule has 0 aliphatic carbocycles. The lowest BCUT2D eigenvalue weighted by Crippen LogP contribution is -2.12. The fourth-order valence-electron chi connectivity index (χ4n) is 3.02. The van der Waals surface area contributed by atoms with Crippen LogP contribution in [-0.4, -0.2) is 23.2 Å². The number of hydrogen-bond donors (Lipinski definition) is 2. The highest BCUT2D eigenvalue weighted by atomic mass is 19.4. The van der Waals surface area contributed by atoms with E-state index in [4.69, 9.17) is 9.47 Å². The Hall–Kier alpha value is -3.49. The van der Waals surface area contributed by atoms with Crippen molar-refractivity contribution in [2.75, 3.05) is 23.8 Å². The van der Waals surface area contributed by atoms with E-state index in [9.17, 15) is 13.2 Å². The minimum atomic E-state index is -4.62. The minimum Gasteiger partial charge on any atom is -0.494 e. The quantitative estimate of drug-likeness (QED) is 0.302. The minimum absolute atomic E-state index is 0.0293. The Morgan fingerprint density at radius 1 is 0.879 bits per heavy atom. The molecule has 2 N–H and O–H groups in total. The molecular weight excluding hydrogens is 433 g/mol. The third kappa shape index (κ3) is 7.27. The van der Waals surface area contributed by atoms with E-state index in [-0.39, 0.29) is 11.8 Å². The van der Waals surface area contributed by atoms with E-state index < -0.39 is 11.7 Å². The summed E-state index contributed by atoms with van der Waals surface area (Å²) < 4.78 is 51.8. The highest BCUT2D eigenvalue weighted by Gasteiger charge is 2.35. The molecule has 0 fully saturated rings. The van der Waals surface area contributed by atoms with Crippen LogP contribution in [0.15, 0.2) is 54.7 Å². The molecule has 3 rings (SSSR count). The van der Waals surface area contributed by atoms with Gasteiger partial charge in [-0.1, -0.05) is 25.8 Å². The van der Waals surface area contributed by atoms with Gasteiger partial charge in [0.1, 0.15) is 22.9 Å². The van der Waals surface area contributed by atoms with Crippen LogP contribution in [0.2, 0.25) is 0 Å². The van der Waals surface area contributed by atoms with Crippen LogP contribution in [0, 0.1) is 0 Å². The lowest BCUT2D eigenvalue weighted by Gasteiger charge is -2.15. The highest BCUT2D eigenvalue weighted by Crippen LogP contribution is 2.35. The summed E-state index contributed by atoms with van der Waals surface area (Å²) in [5.74, 6) is 0.942. The number of aromatic nitrogens is 2. The van der Waals surface area contributed by atoms with Crippen LogP contribution < -0.4 is 20.1 Å². The average molecular weight is 461 g/mol. The third-order valence-electron chi connectivity index (χ3n) is 4.63. The molecule has 0 aliphatic heterocycles. The highest BCUT2D eigenvalue weighted by molar-refractivity contribution is 5.64. The predicted molar refractivity (Wildman–Crippen MR) is 123 cm³/mol. The average Bonchev–Trinajstić information content (AvgIpc) is 2.78. The zero-order valence-electron chi connectivity index (χ0n) is 18.6. The Labute approximate surface area is 191 Å². The van der Waals surface area contributed by atoms with Gasteiger partial charge in [0.05, 0.1) is 13.2 Å². The van der Waals surface area contributed by atoms with Crippen LogP contribution >= 0.6 is 0 Å². The van der Waals surface area contributed by atoms with Crippen molar-refractivity contribution in [3.8, 4) is 11.5 Å². The lowest BCUT2D eigenvalue weighted by atomic mass is 10.2. The van der Waals surface area contributed by atoms with E-state index in [0.717, 1.165) is 25.5 Å². The van der Waals surface area contributed by atoms with E-state index >= 15 is 0 Å². The second-order valence-corrected chi connectivity index (χ2v) is 7.24. The van der Waals surface area contributed by atoms with Crippen LogP contribution in [0.25, 0.3) is 0 Å². The standard InChI is InChI=1S/C24H27F3N4O2/c1-3-5-6-14-33-20-9-7-8-18(15-20)29-22-21(24(25,26)27)16-28-23(31-22)30-17-10-12-19(13-11-17)32-4-2/h7-13,15-16H,3-6,14H2,1-2H3,(H2,28,29,30,31). The molecule has 6 nitrogen and oxygen atoms in total. The molecule has 176 valence electrons. The van der Waals surface area contributed by atoms with Gasteiger partial charge in [0, 0.05) is 23.6 Å². The SMILES string of the molecule is CCCCCOc1cccc(Nc2nc(Nc3ccc(OCC)cc3)ncc2C(F)(F)F)c1. The van der Waals surface area contributed by atoms with E-state index in [1.54, 1.807) is 48.5 Å². The number of halogens is 3. The Balaban J connectivity index is 1.79. The number of nitrogens with zero attached hydrogens (tertiary/aromatic N) is 2. The fourth-order valence-corrected chi connectivity index (χ4v) is 3.02. The first kappa shape index (κ1) is 24.2. The van der Waals surface area contributed by atoms with Gasteiger partial charge in [0.2, 0.25) is 5.95 Å². The number of rotatable bonds is 11. The summed E-state index contributed by atoms with van der Waals surface area (Å²) in [6, 6.07) is 13.7. The van der Waals surface area contributed by atoms with Crippen molar-refractivity contribution in [3.05, 3.63) is 60.3 Å². The van der Waals surface area contributed by atoms with Crippen molar-refractivity contribution in [3.63, 3.8) is 0 Å². The molecule has 0 amide bonds. The van der Waals surface area contributed by atoms with Crippen LogP contribution in [0.5, 0.6) is 11.5 Å². The number of nitrogens with one attached hydrogen (secondary N) is 2. The molecule has 0 saturated heterocycles. The number of unbranched alkanes of at least 4 members (excludes halogenated alkanes) is 2. The largest absolute Gasteiger partial charge is 0.494 e. The molecule has 0 atom stereocenters. The molecule has 0 spiro atoms. The second-order valence-electron chi connectivity index (χ2n) is 7.24. The van der Waals surface area contributed by atoms with Gasteiger partial charge in [-0.15, -0.1) is 0 Å². The van der Waals surface area contributed by atoms with Gasteiger partial charge in [-0.05, 0) is 49.7 Å². The topological polar surface area (TPSA) is 68.3 Å². The van der Waals surface area contributed by atoms with Crippen molar-refractivity contribution in [2.45, 2.75) is 39.3 Å². The molecule has 0 aliphatic rings. The fraction of sp³-hybridized carbons (Fsp3) is 0.333. The maximum atomic E-state index is 13.6. The van der Waals surface area contributed by atoms with E-state index in [0.29, 0.717) is 36.1 Å². The Morgan fingerprint density at radius 2 is 1.67 bits per heavy atom. The summed E-state index contributed by atoms with van der Waals surface area (Å²) in [4.78, 5) is 7.92. The Bertz CT molecular complexity index is 1030. The summed E-state index contributed by atoms with van der Waals surface area (Å²) >= 11 is 0.